The van der Waals surface area contributed by atoms with Crippen LogP contribution in [0.4, 0.5) is 0 Å². The van der Waals surface area contributed by atoms with E-state index in [0.29, 0.717) is 0 Å². The van der Waals surface area contributed by atoms with Gasteiger partial charge in [-0.3, -0.25) is 0 Å². The van der Waals surface area contributed by atoms with Crippen molar-refractivity contribution >= 4 is 17.4 Å². The summed E-state index contributed by atoms with van der Waals surface area (Å²) in [5, 5.41) is 4.45. The second-order valence-electron chi connectivity index (χ2n) is 3.99. The minimum Gasteiger partial charge on any atom is -0.151 e. The Morgan fingerprint density at radius 1 is 1.25 bits per heavy atom. The summed E-state index contributed by atoms with van der Waals surface area (Å²) < 4.78 is 0. The van der Waals surface area contributed by atoms with Gasteiger partial charge in [0.1, 0.15) is 0 Å². The molecule has 1 heterocycles. The first-order valence-corrected chi connectivity index (χ1v) is 5.19. The molecule has 0 nitrogen and oxygen atoms in total. The zero-order valence-corrected chi connectivity index (χ0v) is 9.03. The zero-order chi connectivity index (χ0) is 9.19. The van der Waals surface area contributed by atoms with Gasteiger partial charge in [0, 0.05) is 0 Å². The number of rotatable bonds is 1. The van der Waals surface area contributed by atoms with Crippen molar-refractivity contribution in [3.05, 3.63) is 28.0 Å². The van der Waals surface area contributed by atoms with Crippen molar-refractivity contribution in [2.75, 3.05) is 0 Å². The molecule has 0 amide bonds. The number of hydrogen-bond acceptors (Lipinski definition) is 1. The maximum Gasteiger partial charge on any atom is -0.00178 e. The van der Waals surface area contributed by atoms with Crippen molar-refractivity contribution in [1.82, 2.24) is 0 Å². The Labute approximate surface area is 78.9 Å². The van der Waals surface area contributed by atoms with Gasteiger partial charge in [0.25, 0.3) is 0 Å². The number of thiophene rings is 1. The Morgan fingerprint density at radius 3 is 2.42 bits per heavy atom. The van der Waals surface area contributed by atoms with Crippen LogP contribution in [0.1, 0.15) is 38.8 Å². The van der Waals surface area contributed by atoms with Crippen molar-refractivity contribution in [2.24, 2.45) is 0 Å². The largest absolute Gasteiger partial charge is 0.151 e. The highest BCUT2D eigenvalue weighted by molar-refractivity contribution is 7.08. The Hall–Kier alpha value is -0.560. The van der Waals surface area contributed by atoms with Gasteiger partial charge in [-0.1, -0.05) is 32.9 Å². The predicted molar refractivity (Wildman–Crippen MR) is 57.7 cm³/mol. The molecule has 0 saturated heterocycles. The fourth-order valence-electron chi connectivity index (χ4n) is 1.23. The number of hydrogen-bond donors (Lipinski definition) is 0. The van der Waals surface area contributed by atoms with Gasteiger partial charge in [0.05, 0.1) is 0 Å². The van der Waals surface area contributed by atoms with Crippen LogP contribution in [0.25, 0.3) is 6.08 Å². The van der Waals surface area contributed by atoms with E-state index in [1.165, 1.54) is 11.1 Å². The molecule has 0 atom stereocenters. The Morgan fingerprint density at radius 2 is 1.92 bits per heavy atom. The highest BCUT2D eigenvalue weighted by Crippen LogP contribution is 2.29. The van der Waals surface area contributed by atoms with Gasteiger partial charge in [0.15, 0.2) is 0 Å². The summed E-state index contributed by atoms with van der Waals surface area (Å²) >= 11 is 1.78. The first kappa shape index (κ1) is 9.53. The van der Waals surface area contributed by atoms with Gasteiger partial charge < -0.3 is 0 Å². The van der Waals surface area contributed by atoms with Crippen molar-refractivity contribution in [1.29, 1.82) is 0 Å². The summed E-state index contributed by atoms with van der Waals surface area (Å²) in [6.07, 6.45) is 4.27. The van der Waals surface area contributed by atoms with Crippen LogP contribution in [-0.2, 0) is 5.41 Å². The monoisotopic (exact) mass is 180 g/mol. The molecule has 0 fully saturated rings. The summed E-state index contributed by atoms with van der Waals surface area (Å²) in [6.45, 7) is 8.82. The molecule has 1 heteroatoms. The maximum absolute atomic E-state index is 2.25. The summed E-state index contributed by atoms with van der Waals surface area (Å²) in [5.74, 6) is 0. The third-order valence-corrected chi connectivity index (χ3v) is 2.61. The van der Waals surface area contributed by atoms with E-state index in [9.17, 15) is 0 Å². The molecule has 12 heavy (non-hydrogen) atoms. The summed E-state index contributed by atoms with van der Waals surface area (Å²) in [5.41, 5.74) is 3.09. The van der Waals surface area contributed by atoms with E-state index >= 15 is 0 Å². The van der Waals surface area contributed by atoms with Gasteiger partial charge in [-0.25, -0.2) is 0 Å². The van der Waals surface area contributed by atoms with Crippen LogP contribution in [-0.4, -0.2) is 0 Å². The van der Waals surface area contributed by atoms with E-state index in [1.807, 2.05) is 0 Å². The van der Waals surface area contributed by atoms with Gasteiger partial charge in [0.2, 0.25) is 0 Å². The minimum atomic E-state index is 0.273. The van der Waals surface area contributed by atoms with Crippen molar-refractivity contribution < 1.29 is 0 Å². The van der Waals surface area contributed by atoms with E-state index < -0.39 is 0 Å². The molecule has 0 spiro atoms. The highest BCUT2D eigenvalue weighted by atomic mass is 32.1. The second-order valence-corrected chi connectivity index (χ2v) is 4.73. The first-order chi connectivity index (χ1) is 5.55. The topological polar surface area (TPSA) is 0 Å². The number of allylic oxidation sites excluding steroid dienone is 1. The molecule has 0 bridgehead atoms. The highest BCUT2D eigenvalue weighted by Gasteiger charge is 2.16. The normalized spacial score (nSPS) is 12.7. The molecule has 0 saturated carbocycles. The molecule has 1 aromatic heterocycles. The zero-order valence-electron chi connectivity index (χ0n) is 8.22. The van der Waals surface area contributed by atoms with E-state index in [4.69, 9.17) is 0 Å². The molecule has 66 valence electrons. The summed E-state index contributed by atoms with van der Waals surface area (Å²) in [4.78, 5) is 0. The molecule has 0 aliphatic heterocycles. The van der Waals surface area contributed by atoms with Crippen LogP contribution >= 0.6 is 11.3 Å². The lowest BCUT2D eigenvalue weighted by atomic mass is 9.86. The Balaban J connectivity index is 3.07. The fraction of sp³-hybridized carbons (Fsp3) is 0.455. The van der Waals surface area contributed by atoms with Crippen LogP contribution in [0.15, 0.2) is 16.8 Å². The predicted octanol–water partition coefficient (Wildman–Crippen LogP) is 4.08. The SMILES string of the molecule is C/C=C/c1cscc1C(C)(C)C. The van der Waals surface area contributed by atoms with Crippen LogP contribution < -0.4 is 0 Å². The molecular formula is C11H16S. The average Bonchev–Trinajstić information content (AvgIpc) is 2.34. The molecule has 0 N–H and O–H groups in total. The quantitative estimate of drug-likeness (QED) is 0.611. The lowest BCUT2D eigenvalue weighted by Gasteiger charge is -2.18. The molecule has 0 radical (unpaired) electrons. The summed E-state index contributed by atoms with van der Waals surface area (Å²) in [7, 11) is 0. The molecule has 1 aromatic rings. The lowest BCUT2D eigenvalue weighted by Crippen LogP contribution is -2.10. The van der Waals surface area contributed by atoms with Gasteiger partial charge >= 0.3 is 0 Å². The standard InChI is InChI=1S/C11H16S/c1-5-6-9-7-12-8-10(9)11(2,3)4/h5-8H,1-4H3/b6-5+. The van der Waals surface area contributed by atoms with Crippen molar-refractivity contribution in [3.8, 4) is 0 Å². The molecule has 0 unspecified atom stereocenters. The van der Waals surface area contributed by atoms with Crippen LogP contribution in [0, 0.1) is 0 Å². The third kappa shape index (κ3) is 1.98. The second kappa shape index (κ2) is 3.44. The van der Waals surface area contributed by atoms with E-state index in [2.05, 4.69) is 50.6 Å². The lowest BCUT2D eigenvalue weighted by molar-refractivity contribution is 0.591. The third-order valence-electron chi connectivity index (χ3n) is 1.85. The van der Waals surface area contributed by atoms with E-state index in [1.54, 1.807) is 11.3 Å². The average molecular weight is 180 g/mol. The van der Waals surface area contributed by atoms with Gasteiger partial charge in [-0.05, 0) is 34.2 Å². The maximum atomic E-state index is 2.25. The minimum absolute atomic E-state index is 0.273. The fourth-order valence-corrected chi connectivity index (χ4v) is 2.27. The van der Waals surface area contributed by atoms with Crippen LogP contribution in [0.5, 0.6) is 0 Å². The molecule has 1 rings (SSSR count). The van der Waals surface area contributed by atoms with Crippen molar-refractivity contribution in [3.63, 3.8) is 0 Å². The van der Waals surface area contributed by atoms with Crippen molar-refractivity contribution in [2.45, 2.75) is 33.1 Å². The van der Waals surface area contributed by atoms with E-state index in [-0.39, 0.29) is 5.41 Å². The van der Waals surface area contributed by atoms with E-state index in [0.717, 1.165) is 0 Å². The first-order valence-electron chi connectivity index (χ1n) is 4.25. The van der Waals surface area contributed by atoms with Crippen LogP contribution in [0.2, 0.25) is 0 Å². The van der Waals surface area contributed by atoms with Gasteiger partial charge in [-0.15, -0.1) is 0 Å². The Kier molecular flexibility index (Phi) is 2.73. The molecular weight excluding hydrogens is 164 g/mol. The molecule has 0 aromatic carbocycles. The van der Waals surface area contributed by atoms with Gasteiger partial charge in [-0.2, -0.15) is 11.3 Å². The molecule has 0 aliphatic carbocycles. The smallest absolute Gasteiger partial charge is 0.00178 e. The molecule has 0 aliphatic rings. The Bertz CT molecular complexity index is 273. The summed E-state index contributed by atoms with van der Waals surface area (Å²) in [6, 6.07) is 0. The van der Waals surface area contributed by atoms with Crippen LogP contribution in [0.3, 0.4) is 0 Å².